The molecule has 2 rings (SSSR count). The number of nitrogens with zero attached hydrogens (tertiary/aromatic N) is 1. The van der Waals surface area contributed by atoms with Gasteiger partial charge >= 0.3 is 12.0 Å². The fourth-order valence-corrected chi connectivity index (χ4v) is 3.00. The van der Waals surface area contributed by atoms with E-state index in [0.29, 0.717) is 12.5 Å². The Hall–Kier alpha value is -1.30. The first-order chi connectivity index (χ1) is 9.08. The Morgan fingerprint density at radius 2 is 1.89 bits per heavy atom. The molecular weight excluding hydrogens is 248 g/mol. The molecule has 1 saturated carbocycles. The number of nitrogens with one attached hydrogen (secondary N) is 1. The van der Waals surface area contributed by atoms with Gasteiger partial charge in [0.1, 0.15) is 6.04 Å². The average Bonchev–Trinajstić information content (AvgIpc) is 2.79. The molecule has 3 N–H and O–H groups in total. The second kappa shape index (κ2) is 6.23. The lowest BCUT2D eigenvalue weighted by molar-refractivity contribution is -0.141. The van der Waals surface area contributed by atoms with Crippen LogP contribution < -0.4 is 5.32 Å². The summed E-state index contributed by atoms with van der Waals surface area (Å²) in [5.41, 5.74) is 0. The second-order valence-electron chi connectivity index (χ2n) is 5.59. The molecule has 1 saturated heterocycles. The molecule has 2 amide bonds. The summed E-state index contributed by atoms with van der Waals surface area (Å²) in [6.07, 6.45) is 5.33. The molecule has 0 unspecified atom stereocenters. The van der Waals surface area contributed by atoms with Crippen molar-refractivity contribution in [3.8, 4) is 0 Å². The smallest absolute Gasteiger partial charge is 0.326 e. The summed E-state index contributed by atoms with van der Waals surface area (Å²) in [6, 6.07) is -1.27. The van der Waals surface area contributed by atoms with E-state index in [9.17, 15) is 14.7 Å². The third-order valence-electron chi connectivity index (χ3n) is 4.09. The van der Waals surface area contributed by atoms with Crippen molar-refractivity contribution in [1.82, 2.24) is 10.2 Å². The quantitative estimate of drug-likeness (QED) is 0.707. The summed E-state index contributed by atoms with van der Waals surface area (Å²) in [7, 11) is 0. The third-order valence-corrected chi connectivity index (χ3v) is 4.09. The number of carbonyl (C=O) groups excluding carboxylic acids is 1. The van der Waals surface area contributed by atoms with Crippen LogP contribution in [0.4, 0.5) is 4.79 Å². The van der Waals surface area contributed by atoms with Crippen LogP contribution in [0.15, 0.2) is 0 Å². The number of carboxylic acid groups (broad SMARTS) is 1. The minimum Gasteiger partial charge on any atom is -0.480 e. The number of rotatable bonds is 3. The number of hydrogen-bond acceptors (Lipinski definition) is 3. The van der Waals surface area contributed by atoms with Crippen molar-refractivity contribution < 1.29 is 19.8 Å². The highest BCUT2D eigenvalue weighted by atomic mass is 16.4. The first kappa shape index (κ1) is 14.1. The first-order valence-electron chi connectivity index (χ1n) is 7.03. The molecule has 0 aromatic carbocycles. The Morgan fingerprint density at radius 1 is 1.21 bits per heavy atom. The van der Waals surface area contributed by atoms with Crippen LogP contribution in [0.1, 0.15) is 38.5 Å². The van der Waals surface area contributed by atoms with E-state index in [4.69, 9.17) is 5.11 Å². The van der Waals surface area contributed by atoms with E-state index in [2.05, 4.69) is 5.32 Å². The largest absolute Gasteiger partial charge is 0.480 e. The molecule has 0 bridgehead atoms. The fourth-order valence-electron chi connectivity index (χ4n) is 3.00. The molecule has 0 aromatic rings. The lowest BCUT2D eigenvalue weighted by Crippen LogP contribution is -2.47. The van der Waals surface area contributed by atoms with E-state index < -0.39 is 18.1 Å². The standard InChI is InChI=1S/C13H22N2O4/c16-10-6-11(12(17)18)15(8-10)13(19)14-7-9-4-2-1-3-5-9/h9-11,16H,1-8H2,(H,14,19)(H,17,18)/t10-,11+/m1/s1. The van der Waals surface area contributed by atoms with E-state index in [0.717, 1.165) is 12.8 Å². The highest BCUT2D eigenvalue weighted by molar-refractivity contribution is 5.83. The zero-order valence-corrected chi connectivity index (χ0v) is 11.0. The Bertz CT molecular complexity index is 342. The number of aliphatic carboxylic acids is 1. The lowest BCUT2D eigenvalue weighted by Gasteiger charge is -2.25. The molecule has 108 valence electrons. The van der Waals surface area contributed by atoms with E-state index in [-0.39, 0.29) is 19.0 Å². The van der Waals surface area contributed by atoms with Gasteiger partial charge in [0.25, 0.3) is 0 Å². The maximum absolute atomic E-state index is 12.0. The zero-order chi connectivity index (χ0) is 13.8. The van der Waals surface area contributed by atoms with Crippen molar-refractivity contribution >= 4 is 12.0 Å². The van der Waals surface area contributed by atoms with E-state index in [1.807, 2.05) is 0 Å². The number of carboxylic acids is 1. The first-order valence-corrected chi connectivity index (χ1v) is 7.03. The van der Waals surface area contributed by atoms with Crippen molar-refractivity contribution in [3.05, 3.63) is 0 Å². The number of hydrogen-bond donors (Lipinski definition) is 3. The Morgan fingerprint density at radius 3 is 2.53 bits per heavy atom. The Balaban J connectivity index is 1.82. The Labute approximate surface area is 112 Å². The summed E-state index contributed by atoms with van der Waals surface area (Å²) in [6.45, 7) is 0.714. The van der Waals surface area contributed by atoms with Crippen molar-refractivity contribution in [2.45, 2.75) is 50.7 Å². The van der Waals surface area contributed by atoms with Gasteiger partial charge in [-0.2, -0.15) is 0 Å². The van der Waals surface area contributed by atoms with Crippen molar-refractivity contribution in [1.29, 1.82) is 0 Å². The number of aliphatic hydroxyl groups is 1. The van der Waals surface area contributed by atoms with Crippen molar-refractivity contribution in [2.75, 3.05) is 13.1 Å². The molecule has 1 aliphatic heterocycles. The monoisotopic (exact) mass is 270 g/mol. The Kier molecular flexibility index (Phi) is 4.63. The molecule has 6 heteroatoms. The molecule has 19 heavy (non-hydrogen) atoms. The summed E-state index contributed by atoms with van der Waals surface area (Å²) in [5, 5.41) is 21.3. The second-order valence-corrected chi connectivity index (χ2v) is 5.59. The number of aliphatic hydroxyl groups excluding tert-OH is 1. The van der Waals surface area contributed by atoms with Crippen LogP contribution in [0, 0.1) is 5.92 Å². The van der Waals surface area contributed by atoms with Crippen LogP contribution in [0.5, 0.6) is 0 Å². The van der Waals surface area contributed by atoms with E-state index in [1.165, 1.54) is 24.2 Å². The summed E-state index contributed by atoms with van der Waals surface area (Å²) in [4.78, 5) is 24.3. The van der Waals surface area contributed by atoms with Crippen LogP contribution in [-0.2, 0) is 4.79 Å². The van der Waals surface area contributed by atoms with Gasteiger partial charge in [-0.15, -0.1) is 0 Å². The van der Waals surface area contributed by atoms with E-state index in [1.54, 1.807) is 0 Å². The minimum absolute atomic E-state index is 0.105. The zero-order valence-electron chi connectivity index (χ0n) is 11.0. The molecular formula is C13H22N2O4. The van der Waals surface area contributed by atoms with Gasteiger partial charge in [0.15, 0.2) is 0 Å². The van der Waals surface area contributed by atoms with Gasteiger partial charge in [-0.1, -0.05) is 19.3 Å². The molecule has 2 atom stereocenters. The molecule has 2 aliphatic rings. The molecule has 0 radical (unpaired) electrons. The summed E-state index contributed by atoms with van der Waals surface area (Å²) >= 11 is 0. The SMILES string of the molecule is O=C(O)[C@@H]1C[C@@H](O)CN1C(=O)NCC1CCCCC1. The maximum atomic E-state index is 12.0. The summed E-state index contributed by atoms with van der Waals surface area (Å²) in [5.74, 6) is -0.544. The number of carbonyl (C=O) groups is 2. The van der Waals surface area contributed by atoms with Gasteiger partial charge in [-0.3, -0.25) is 0 Å². The van der Waals surface area contributed by atoms with Gasteiger partial charge < -0.3 is 20.4 Å². The van der Waals surface area contributed by atoms with Gasteiger partial charge in [0, 0.05) is 19.5 Å². The van der Waals surface area contributed by atoms with Crippen LogP contribution in [0.25, 0.3) is 0 Å². The van der Waals surface area contributed by atoms with Crippen LogP contribution >= 0.6 is 0 Å². The average molecular weight is 270 g/mol. The van der Waals surface area contributed by atoms with Crippen molar-refractivity contribution in [2.24, 2.45) is 5.92 Å². The number of likely N-dealkylation sites (tertiary alicyclic amines) is 1. The van der Waals surface area contributed by atoms with Crippen LogP contribution in [0.3, 0.4) is 0 Å². The van der Waals surface area contributed by atoms with Crippen LogP contribution in [0.2, 0.25) is 0 Å². The van der Waals surface area contributed by atoms with Gasteiger partial charge in [0.2, 0.25) is 0 Å². The topological polar surface area (TPSA) is 89.9 Å². The normalized spacial score (nSPS) is 28.4. The van der Waals surface area contributed by atoms with Crippen molar-refractivity contribution in [3.63, 3.8) is 0 Å². The summed E-state index contributed by atoms with van der Waals surface area (Å²) < 4.78 is 0. The predicted molar refractivity (Wildman–Crippen MR) is 68.7 cm³/mol. The molecule has 0 aromatic heterocycles. The predicted octanol–water partition coefficient (Wildman–Crippen LogP) is 0.796. The van der Waals surface area contributed by atoms with Gasteiger partial charge in [-0.25, -0.2) is 9.59 Å². The lowest BCUT2D eigenvalue weighted by atomic mass is 9.89. The molecule has 2 fully saturated rings. The molecule has 6 nitrogen and oxygen atoms in total. The maximum Gasteiger partial charge on any atom is 0.326 e. The van der Waals surface area contributed by atoms with Gasteiger partial charge in [0.05, 0.1) is 6.10 Å². The number of urea groups is 1. The molecule has 1 aliphatic carbocycles. The minimum atomic E-state index is -1.05. The van der Waals surface area contributed by atoms with E-state index >= 15 is 0 Å². The molecule has 0 spiro atoms. The van der Waals surface area contributed by atoms with Crippen LogP contribution in [-0.4, -0.2) is 52.3 Å². The highest BCUT2D eigenvalue weighted by Gasteiger charge is 2.38. The highest BCUT2D eigenvalue weighted by Crippen LogP contribution is 2.23. The van der Waals surface area contributed by atoms with Gasteiger partial charge in [-0.05, 0) is 18.8 Å². The number of amides is 2. The third kappa shape index (κ3) is 3.59. The molecule has 1 heterocycles. The fraction of sp³-hybridized carbons (Fsp3) is 0.846. The number of β-amino-alcohol motifs (C(OH)–C–C–N with tert-alkyl or cyclic N) is 1.